The van der Waals surface area contributed by atoms with Crippen molar-refractivity contribution in [3.63, 3.8) is 0 Å². The molecule has 0 aliphatic heterocycles. The molecule has 2 aromatic carbocycles. The average molecular weight is 282 g/mol. The maximum Gasteiger partial charge on any atom is 0.338 e. The summed E-state index contributed by atoms with van der Waals surface area (Å²) in [5.41, 5.74) is 2.61. The number of ether oxygens (including phenoxy) is 2. The number of hydrogen-bond donors (Lipinski definition) is 0. The molecular formula is C18H18O3. The third-order valence-corrected chi connectivity index (χ3v) is 3.16. The van der Waals surface area contributed by atoms with Crippen LogP contribution in [0, 0.1) is 0 Å². The Morgan fingerprint density at radius 1 is 1.10 bits per heavy atom. The first kappa shape index (κ1) is 14.9. The zero-order chi connectivity index (χ0) is 15.1. The third kappa shape index (κ3) is 3.96. The van der Waals surface area contributed by atoms with E-state index in [1.54, 1.807) is 13.2 Å². The van der Waals surface area contributed by atoms with Crippen molar-refractivity contribution in [3.05, 3.63) is 71.3 Å². The molecule has 3 heteroatoms. The van der Waals surface area contributed by atoms with E-state index in [2.05, 4.69) is 0 Å². The molecule has 21 heavy (non-hydrogen) atoms. The van der Waals surface area contributed by atoms with Gasteiger partial charge in [-0.05, 0) is 35.7 Å². The summed E-state index contributed by atoms with van der Waals surface area (Å²) in [4.78, 5) is 11.7. The minimum atomic E-state index is -0.305. The SMILES string of the molecule is COC(=O)c1ccccc1C/C=C/c1cccc(OC)c1. The normalized spacial score (nSPS) is 10.6. The molecule has 0 N–H and O–H groups in total. The van der Waals surface area contributed by atoms with Crippen LogP contribution in [0.15, 0.2) is 54.6 Å². The van der Waals surface area contributed by atoms with E-state index in [1.807, 2.05) is 54.6 Å². The fraction of sp³-hybridized carbons (Fsp3) is 0.167. The Labute approximate surface area is 124 Å². The molecule has 0 aromatic heterocycles. The van der Waals surface area contributed by atoms with Crippen LogP contribution in [-0.4, -0.2) is 20.2 Å². The molecule has 0 saturated heterocycles. The van der Waals surface area contributed by atoms with E-state index in [0.717, 1.165) is 16.9 Å². The van der Waals surface area contributed by atoms with Crippen LogP contribution in [0.5, 0.6) is 5.75 Å². The Bertz CT molecular complexity index is 644. The summed E-state index contributed by atoms with van der Waals surface area (Å²) < 4.78 is 9.98. The zero-order valence-electron chi connectivity index (χ0n) is 12.2. The van der Waals surface area contributed by atoms with Crippen LogP contribution in [0.4, 0.5) is 0 Å². The largest absolute Gasteiger partial charge is 0.497 e. The topological polar surface area (TPSA) is 35.5 Å². The van der Waals surface area contributed by atoms with Gasteiger partial charge in [0, 0.05) is 0 Å². The minimum absolute atomic E-state index is 0.305. The van der Waals surface area contributed by atoms with Crippen molar-refractivity contribution >= 4 is 12.0 Å². The number of allylic oxidation sites excluding steroid dienone is 1. The van der Waals surface area contributed by atoms with Gasteiger partial charge in [-0.15, -0.1) is 0 Å². The molecule has 0 unspecified atom stereocenters. The lowest BCUT2D eigenvalue weighted by atomic mass is 10.0. The lowest BCUT2D eigenvalue weighted by molar-refractivity contribution is 0.0599. The smallest absolute Gasteiger partial charge is 0.338 e. The van der Waals surface area contributed by atoms with Crippen molar-refractivity contribution in [1.29, 1.82) is 0 Å². The number of carbonyl (C=O) groups excluding carboxylic acids is 1. The van der Waals surface area contributed by atoms with Gasteiger partial charge in [-0.1, -0.05) is 42.5 Å². The van der Waals surface area contributed by atoms with E-state index in [9.17, 15) is 4.79 Å². The molecule has 3 nitrogen and oxygen atoms in total. The summed E-state index contributed by atoms with van der Waals surface area (Å²) >= 11 is 0. The van der Waals surface area contributed by atoms with Gasteiger partial charge in [-0.25, -0.2) is 4.79 Å². The monoisotopic (exact) mass is 282 g/mol. The Balaban J connectivity index is 2.12. The van der Waals surface area contributed by atoms with Gasteiger partial charge in [-0.2, -0.15) is 0 Å². The van der Waals surface area contributed by atoms with Gasteiger partial charge in [0.1, 0.15) is 5.75 Å². The minimum Gasteiger partial charge on any atom is -0.497 e. The first-order chi connectivity index (χ1) is 10.2. The molecule has 0 atom stereocenters. The summed E-state index contributed by atoms with van der Waals surface area (Å²) in [7, 11) is 3.04. The second-order valence-electron chi connectivity index (χ2n) is 4.53. The van der Waals surface area contributed by atoms with Gasteiger partial charge in [0.25, 0.3) is 0 Å². The molecule has 0 heterocycles. The zero-order valence-corrected chi connectivity index (χ0v) is 12.2. The van der Waals surface area contributed by atoms with E-state index in [-0.39, 0.29) is 5.97 Å². The quantitative estimate of drug-likeness (QED) is 0.784. The van der Waals surface area contributed by atoms with Crippen LogP contribution in [0.25, 0.3) is 6.08 Å². The first-order valence-corrected chi connectivity index (χ1v) is 6.71. The van der Waals surface area contributed by atoms with Crippen LogP contribution >= 0.6 is 0 Å². The van der Waals surface area contributed by atoms with Crippen molar-refractivity contribution < 1.29 is 14.3 Å². The standard InChI is InChI=1S/C18H18O3/c1-20-16-11-6-8-14(13-16)7-5-10-15-9-3-4-12-17(15)18(19)21-2/h3-9,11-13H,10H2,1-2H3/b7-5+. The molecule has 108 valence electrons. The van der Waals surface area contributed by atoms with Crippen LogP contribution < -0.4 is 4.74 Å². The molecule has 0 fully saturated rings. The molecule has 0 radical (unpaired) electrons. The maximum atomic E-state index is 11.7. The number of methoxy groups -OCH3 is 2. The molecule has 0 saturated carbocycles. The summed E-state index contributed by atoms with van der Waals surface area (Å²) in [5.74, 6) is 0.521. The first-order valence-electron chi connectivity index (χ1n) is 6.71. The van der Waals surface area contributed by atoms with Gasteiger partial charge in [0.15, 0.2) is 0 Å². The third-order valence-electron chi connectivity index (χ3n) is 3.16. The number of rotatable bonds is 5. The summed E-state index contributed by atoms with van der Waals surface area (Å²) in [6.07, 6.45) is 4.70. The van der Waals surface area contributed by atoms with Gasteiger partial charge >= 0.3 is 5.97 Å². The molecule has 0 bridgehead atoms. The number of esters is 1. The highest BCUT2D eigenvalue weighted by molar-refractivity contribution is 5.91. The highest BCUT2D eigenvalue weighted by atomic mass is 16.5. The molecule has 2 rings (SSSR count). The highest BCUT2D eigenvalue weighted by Crippen LogP contribution is 2.15. The van der Waals surface area contributed by atoms with Crippen molar-refractivity contribution in [2.75, 3.05) is 14.2 Å². The van der Waals surface area contributed by atoms with E-state index in [0.29, 0.717) is 12.0 Å². The lowest BCUT2D eigenvalue weighted by Crippen LogP contribution is -2.04. The highest BCUT2D eigenvalue weighted by Gasteiger charge is 2.09. The predicted molar refractivity (Wildman–Crippen MR) is 83.5 cm³/mol. The lowest BCUT2D eigenvalue weighted by Gasteiger charge is -2.05. The van der Waals surface area contributed by atoms with E-state index in [1.165, 1.54) is 7.11 Å². The second-order valence-corrected chi connectivity index (χ2v) is 4.53. The van der Waals surface area contributed by atoms with Gasteiger partial charge in [-0.3, -0.25) is 0 Å². The van der Waals surface area contributed by atoms with E-state index in [4.69, 9.17) is 9.47 Å². The van der Waals surface area contributed by atoms with Crippen LogP contribution in [-0.2, 0) is 11.2 Å². The Morgan fingerprint density at radius 2 is 1.90 bits per heavy atom. The average Bonchev–Trinajstić information content (AvgIpc) is 2.55. The Kier molecular flexibility index (Phi) is 5.16. The predicted octanol–water partition coefficient (Wildman–Crippen LogP) is 3.74. The van der Waals surface area contributed by atoms with Crippen LogP contribution in [0.2, 0.25) is 0 Å². The van der Waals surface area contributed by atoms with Gasteiger partial charge < -0.3 is 9.47 Å². The number of carbonyl (C=O) groups is 1. The summed E-state index contributed by atoms with van der Waals surface area (Å²) in [6.45, 7) is 0. The van der Waals surface area contributed by atoms with Crippen molar-refractivity contribution in [2.24, 2.45) is 0 Å². The molecular weight excluding hydrogens is 264 g/mol. The molecule has 2 aromatic rings. The molecule has 0 aliphatic carbocycles. The number of benzene rings is 2. The van der Waals surface area contributed by atoms with Gasteiger partial charge in [0.2, 0.25) is 0 Å². The molecule has 0 spiro atoms. The summed E-state index contributed by atoms with van der Waals surface area (Å²) in [5, 5.41) is 0. The van der Waals surface area contributed by atoms with Crippen molar-refractivity contribution in [1.82, 2.24) is 0 Å². The van der Waals surface area contributed by atoms with E-state index < -0.39 is 0 Å². The maximum absolute atomic E-state index is 11.7. The fourth-order valence-electron chi connectivity index (χ4n) is 2.07. The number of hydrogen-bond acceptors (Lipinski definition) is 3. The fourth-order valence-corrected chi connectivity index (χ4v) is 2.07. The molecule has 0 amide bonds. The second kappa shape index (κ2) is 7.29. The van der Waals surface area contributed by atoms with Crippen LogP contribution in [0.1, 0.15) is 21.5 Å². The van der Waals surface area contributed by atoms with Gasteiger partial charge in [0.05, 0.1) is 19.8 Å². The van der Waals surface area contributed by atoms with Crippen LogP contribution in [0.3, 0.4) is 0 Å². The van der Waals surface area contributed by atoms with Crippen molar-refractivity contribution in [2.45, 2.75) is 6.42 Å². The van der Waals surface area contributed by atoms with Crippen molar-refractivity contribution in [3.8, 4) is 5.75 Å². The van der Waals surface area contributed by atoms with E-state index >= 15 is 0 Å². The Morgan fingerprint density at radius 3 is 2.67 bits per heavy atom. The molecule has 0 aliphatic rings. The Hall–Kier alpha value is -2.55. The summed E-state index contributed by atoms with van der Waals surface area (Å²) in [6, 6.07) is 15.3.